The van der Waals surface area contributed by atoms with Gasteiger partial charge in [-0.15, -0.1) is 0 Å². The van der Waals surface area contributed by atoms with Gasteiger partial charge < -0.3 is 9.47 Å². The van der Waals surface area contributed by atoms with E-state index in [1.807, 2.05) is 0 Å². The zero-order valence-corrected chi connectivity index (χ0v) is 9.81. The van der Waals surface area contributed by atoms with Gasteiger partial charge in [0.1, 0.15) is 0 Å². The molecule has 0 aliphatic rings. The lowest BCUT2D eigenvalue weighted by molar-refractivity contribution is 0.0574. The Bertz CT molecular complexity index is 497. The molecule has 6 nitrogen and oxygen atoms in total. The van der Waals surface area contributed by atoms with Crippen LogP contribution in [-0.2, 0) is 20.2 Å². The Kier molecular flexibility index (Phi) is 4.65. The highest BCUT2D eigenvalue weighted by molar-refractivity contribution is 7.72. The van der Waals surface area contributed by atoms with Crippen LogP contribution in [0.1, 0.15) is 20.7 Å². The molecule has 0 amide bonds. The molecule has 0 saturated carbocycles. The van der Waals surface area contributed by atoms with Gasteiger partial charge in [-0.1, -0.05) is 6.07 Å². The number of ether oxygens (including phenoxy) is 2. The van der Waals surface area contributed by atoms with Gasteiger partial charge in [0.25, 0.3) is 0 Å². The van der Waals surface area contributed by atoms with Gasteiger partial charge in [-0.25, -0.2) is 18.0 Å². The molecule has 0 radical (unpaired) electrons. The summed E-state index contributed by atoms with van der Waals surface area (Å²) in [5, 5.41) is 0. The number of hydrogen-bond donors (Lipinski definition) is 1. The van der Waals surface area contributed by atoms with Crippen molar-refractivity contribution in [2.45, 2.75) is 0 Å². The van der Waals surface area contributed by atoms with E-state index >= 15 is 0 Å². The van der Waals surface area contributed by atoms with E-state index in [-0.39, 0.29) is 11.1 Å². The average Bonchev–Trinajstić information content (AvgIpc) is 2.35. The number of rotatable bonds is 4. The Hall–Kier alpha value is -1.89. The summed E-state index contributed by atoms with van der Waals surface area (Å²) in [6, 6.07) is 5.62. The van der Waals surface area contributed by atoms with Gasteiger partial charge in [-0.05, 0) is 18.2 Å². The molecule has 0 unspecified atom stereocenters. The molecule has 0 bridgehead atoms. The fourth-order valence-electron chi connectivity index (χ4n) is 1.09. The molecule has 7 heteroatoms. The first-order chi connectivity index (χ1) is 8.04. The third-order valence-electron chi connectivity index (χ3n) is 1.82. The molecule has 1 aromatic rings. The minimum Gasteiger partial charge on any atom is -0.465 e. The van der Waals surface area contributed by atoms with E-state index < -0.39 is 28.6 Å². The van der Waals surface area contributed by atoms with Gasteiger partial charge in [0.2, 0.25) is 0 Å². The van der Waals surface area contributed by atoms with Gasteiger partial charge in [-0.2, -0.15) is 0 Å². The molecule has 0 heterocycles. The van der Waals surface area contributed by atoms with Crippen LogP contribution in [-0.4, -0.2) is 33.4 Å². The van der Waals surface area contributed by atoms with E-state index in [0.29, 0.717) is 0 Å². The minimum absolute atomic E-state index is 0.0877. The van der Waals surface area contributed by atoms with Crippen LogP contribution < -0.4 is 0 Å². The lowest BCUT2D eigenvalue weighted by atomic mass is 10.1. The molecular weight excluding hydrogens is 248 g/mol. The number of thiol groups is 1. The summed E-state index contributed by atoms with van der Waals surface area (Å²) in [6.45, 7) is 0. The molecule has 92 valence electrons. The van der Waals surface area contributed by atoms with Crippen LogP contribution in [0.4, 0.5) is 0 Å². The van der Waals surface area contributed by atoms with Crippen molar-refractivity contribution in [3.63, 3.8) is 0 Å². The lowest BCUT2D eigenvalue weighted by Gasteiger charge is -2.03. The normalized spacial score (nSPS) is 10.0. The summed E-state index contributed by atoms with van der Waals surface area (Å²) < 4.78 is 29.4. The van der Waals surface area contributed by atoms with E-state index in [4.69, 9.17) is 0 Å². The van der Waals surface area contributed by atoms with E-state index in [9.17, 15) is 18.0 Å². The highest BCUT2D eigenvalue weighted by Crippen LogP contribution is 2.08. The highest BCUT2D eigenvalue weighted by atomic mass is 32.2. The molecule has 0 N–H and O–H groups in total. The number of esters is 2. The largest absolute Gasteiger partial charge is 0.465 e. The Morgan fingerprint density at radius 2 is 1.76 bits per heavy atom. The smallest absolute Gasteiger partial charge is 0.339 e. The zero-order chi connectivity index (χ0) is 12.8. The maximum Gasteiger partial charge on any atom is 0.339 e. The van der Waals surface area contributed by atoms with Crippen LogP contribution in [0, 0.1) is 0 Å². The van der Waals surface area contributed by atoms with Gasteiger partial charge >= 0.3 is 11.9 Å². The first-order valence-corrected chi connectivity index (χ1v) is 5.88. The van der Waals surface area contributed by atoms with Crippen LogP contribution >= 0.6 is 0 Å². The van der Waals surface area contributed by atoms with Crippen LogP contribution in [0.25, 0.3) is 0 Å². The summed E-state index contributed by atoms with van der Waals surface area (Å²) in [7, 11) is -1.56. The second kappa shape index (κ2) is 6.00. The highest BCUT2D eigenvalue weighted by Gasteiger charge is 2.11. The summed E-state index contributed by atoms with van der Waals surface area (Å²) in [5.41, 5.74) is 0.276. The Labute approximate surface area is 99.1 Å². The second-order valence-electron chi connectivity index (χ2n) is 2.97. The number of carbonyl (C=O) groups excluding carboxylic acids is 2. The van der Waals surface area contributed by atoms with Crippen molar-refractivity contribution in [3.8, 4) is 0 Å². The maximum absolute atomic E-state index is 11.4. The minimum atomic E-state index is -2.78. The van der Waals surface area contributed by atoms with Crippen molar-refractivity contribution >= 4 is 22.6 Å². The number of methoxy groups -OCH3 is 1. The van der Waals surface area contributed by atoms with E-state index in [2.05, 4.69) is 9.47 Å². The second-order valence-corrected chi connectivity index (χ2v) is 3.89. The summed E-state index contributed by atoms with van der Waals surface area (Å²) in [6.07, 6.45) is 0. The Morgan fingerprint density at radius 1 is 1.18 bits per heavy atom. The maximum atomic E-state index is 11.4. The fraction of sp³-hybridized carbons (Fsp3) is 0.200. The molecule has 0 fully saturated rings. The third-order valence-corrected chi connectivity index (χ3v) is 2.16. The molecular formula is C10H10O6S. The van der Waals surface area contributed by atoms with Crippen molar-refractivity contribution in [1.82, 2.24) is 0 Å². The molecule has 0 aliphatic carbocycles. The van der Waals surface area contributed by atoms with Crippen molar-refractivity contribution in [3.05, 3.63) is 35.4 Å². The van der Waals surface area contributed by atoms with E-state index in [1.165, 1.54) is 31.4 Å². The van der Waals surface area contributed by atoms with Crippen molar-refractivity contribution in [2.24, 2.45) is 0 Å². The average molecular weight is 258 g/mol. The molecule has 0 aromatic heterocycles. The Balaban J connectivity index is 2.84. The molecule has 0 atom stereocenters. The SMILES string of the molecule is COC(=O)c1cccc(C(=O)OC[SH](=O)=O)c1. The molecule has 1 rings (SSSR count). The lowest BCUT2D eigenvalue weighted by Crippen LogP contribution is -2.09. The monoisotopic (exact) mass is 258 g/mol. The first-order valence-electron chi connectivity index (χ1n) is 4.52. The van der Waals surface area contributed by atoms with Crippen molar-refractivity contribution < 1.29 is 27.5 Å². The standard InChI is InChI=1S/C10H10O6S/c1-15-9(11)7-3-2-4-8(5-7)10(12)16-6-17(13)14/h2-5,17H,6H2,1H3. The predicted octanol–water partition coefficient (Wildman–Crippen LogP) is 0.199. The van der Waals surface area contributed by atoms with Crippen LogP contribution in [0.3, 0.4) is 0 Å². The molecule has 0 aliphatic heterocycles. The summed E-state index contributed by atoms with van der Waals surface area (Å²) >= 11 is 0. The van der Waals surface area contributed by atoms with Crippen molar-refractivity contribution in [2.75, 3.05) is 13.0 Å². The molecule has 0 saturated heterocycles. The first kappa shape index (κ1) is 13.2. The topological polar surface area (TPSA) is 86.7 Å². The van der Waals surface area contributed by atoms with Crippen LogP contribution in [0.2, 0.25) is 0 Å². The van der Waals surface area contributed by atoms with Gasteiger partial charge in [0, 0.05) is 0 Å². The predicted molar refractivity (Wildman–Crippen MR) is 58.4 cm³/mol. The van der Waals surface area contributed by atoms with E-state index in [1.54, 1.807) is 0 Å². The number of hydrogen-bond acceptors (Lipinski definition) is 6. The summed E-state index contributed by atoms with van der Waals surface area (Å²) in [5.74, 6) is -2.08. The van der Waals surface area contributed by atoms with Gasteiger partial charge in [0.15, 0.2) is 16.6 Å². The molecule has 1 aromatic carbocycles. The number of carbonyl (C=O) groups is 2. The number of benzene rings is 1. The molecule has 0 spiro atoms. The quantitative estimate of drug-likeness (QED) is 0.613. The van der Waals surface area contributed by atoms with Crippen molar-refractivity contribution in [1.29, 1.82) is 0 Å². The molecule has 17 heavy (non-hydrogen) atoms. The summed E-state index contributed by atoms with van der Waals surface area (Å²) in [4.78, 5) is 22.6. The fourth-order valence-corrected chi connectivity index (χ4v) is 1.31. The van der Waals surface area contributed by atoms with Gasteiger partial charge in [0.05, 0.1) is 18.2 Å². The van der Waals surface area contributed by atoms with E-state index in [0.717, 1.165) is 0 Å². The van der Waals surface area contributed by atoms with Gasteiger partial charge in [-0.3, -0.25) is 0 Å². The van der Waals surface area contributed by atoms with Crippen LogP contribution in [0.15, 0.2) is 24.3 Å². The third kappa shape index (κ3) is 3.87. The van der Waals surface area contributed by atoms with Crippen LogP contribution in [0.5, 0.6) is 0 Å². The Morgan fingerprint density at radius 3 is 2.29 bits per heavy atom. The zero-order valence-electron chi connectivity index (χ0n) is 8.91.